The van der Waals surface area contributed by atoms with Gasteiger partial charge < -0.3 is 15.2 Å². The van der Waals surface area contributed by atoms with Gasteiger partial charge in [0, 0.05) is 44.8 Å². The molecule has 0 aliphatic carbocycles. The van der Waals surface area contributed by atoms with Gasteiger partial charge in [-0.3, -0.25) is 19.5 Å². The average Bonchev–Trinajstić information content (AvgIpc) is 2.80. The minimum atomic E-state index is -0.183. The number of hydrogen-bond donors (Lipinski definition) is 2. The first-order valence-corrected chi connectivity index (χ1v) is 10.4. The molecule has 0 aromatic carbocycles. The van der Waals surface area contributed by atoms with Crippen molar-refractivity contribution in [3.05, 3.63) is 57.3 Å². The van der Waals surface area contributed by atoms with E-state index in [9.17, 15) is 9.59 Å². The van der Waals surface area contributed by atoms with Crippen molar-refractivity contribution in [1.82, 2.24) is 20.2 Å². The number of amides is 1. The van der Waals surface area contributed by atoms with Gasteiger partial charge in [0.15, 0.2) is 0 Å². The third kappa shape index (κ3) is 5.08. The second-order valence-electron chi connectivity index (χ2n) is 7.81. The van der Waals surface area contributed by atoms with Gasteiger partial charge in [-0.15, -0.1) is 0 Å². The van der Waals surface area contributed by atoms with Gasteiger partial charge in [0.1, 0.15) is 5.69 Å². The molecule has 8 nitrogen and oxygen atoms in total. The molecule has 2 aromatic rings. The molecule has 31 heavy (non-hydrogen) atoms. The molecular weight excluding hydrogens is 392 g/mol. The molecule has 3 rings (SSSR count). The zero-order valence-electron chi connectivity index (χ0n) is 18.6. The van der Waals surface area contributed by atoms with Crippen molar-refractivity contribution >= 4 is 30.1 Å². The Labute approximate surface area is 182 Å². The summed E-state index contributed by atoms with van der Waals surface area (Å²) in [5.41, 5.74) is 4.47. The fraction of sp³-hybridized carbons (Fsp3) is 0.391. The summed E-state index contributed by atoms with van der Waals surface area (Å²) in [6, 6.07) is 5.68. The van der Waals surface area contributed by atoms with E-state index < -0.39 is 0 Å². The Morgan fingerprint density at radius 1 is 1.32 bits per heavy atom. The molecule has 1 saturated heterocycles. The summed E-state index contributed by atoms with van der Waals surface area (Å²) < 4.78 is 0. The topological polar surface area (TPSA) is 93.7 Å². The zero-order chi connectivity index (χ0) is 22.5. The van der Waals surface area contributed by atoms with Crippen molar-refractivity contribution in [2.45, 2.75) is 26.8 Å². The van der Waals surface area contributed by atoms with Crippen molar-refractivity contribution in [2.24, 2.45) is 4.99 Å². The standard InChI is InChI=1S/C23H30N6O2/c1-15(12-21-20(24-4)13-16(2)22(30)27-21)17(3)28-8-10-29(11-9-28)18-6-7-19(26-14-18)23(31)25-5/h6-7,12-14,17H,4,8-11H2,1-3,5H3,(H,25,31)(H,27,30)/b15-12+. The van der Waals surface area contributed by atoms with Crippen LogP contribution >= 0.6 is 0 Å². The molecule has 0 spiro atoms. The summed E-state index contributed by atoms with van der Waals surface area (Å²) in [6.45, 7) is 13.2. The van der Waals surface area contributed by atoms with E-state index in [1.807, 2.05) is 12.1 Å². The summed E-state index contributed by atoms with van der Waals surface area (Å²) in [7, 11) is 1.60. The number of aromatic nitrogens is 2. The van der Waals surface area contributed by atoms with E-state index >= 15 is 0 Å². The van der Waals surface area contributed by atoms with Crippen molar-refractivity contribution in [3.8, 4) is 0 Å². The Hall–Kier alpha value is -3.26. The van der Waals surface area contributed by atoms with Gasteiger partial charge in [0.05, 0.1) is 23.3 Å². The quantitative estimate of drug-likeness (QED) is 0.697. The number of carbonyl (C=O) groups excluding carboxylic acids is 1. The number of nitrogens with zero attached hydrogens (tertiary/aromatic N) is 4. The molecule has 1 aliphatic heterocycles. The normalized spacial score (nSPS) is 16.1. The average molecular weight is 423 g/mol. The highest BCUT2D eigenvalue weighted by molar-refractivity contribution is 5.92. The highest BCUT2D eigenvalue weighted by Gasteiger charge is 2.22. The minimum Gasteiger partial charge on any atom is -0.368 e. The lowest BCUT2D eigenvalue weighted by Crippen LogP contribution is -2.50. The Balaban J connectivity index is 1.66. The van der Waals surface area contributed by atoms with E-state index in [4.69, 9.17) is 0 Å². The molecule has 2 aromatic heterocycles. The van der Waals surface area contributed by atoms with Crippen molar-refractivity contribution in [2.75, 3.05) is 38.1 Å². The molecule has 1 amide bonds. The molecule has 1 fully saturated rings. The van der Waals surface area contributed by atoms with Gasteiger partial charge in [-0.25, -0.2) is 4.98 Å². The summed E-state index contributed by atoms with van der Waals surface area (Å²) >= 11 is 0. The predicted octanol–water partition coefficient (Wildman–Crippen LogP) is 2.38. The third-order valence-electron chi connectivity index (χ3n) is 5.87. The van der Waals surface area contributed by atoms with Gasteiger partial charge >= 0.3 is 0 Å². The van der Waals surface area contributed by atoms with Crippen LogP contribution in [-0.2, 0) is 0 Å². The van der Waals surface area contributed by atoms with E-state index in [0.29, 0.717) is 22.6 Å². The van der Waals surface area contributed by atoms with Crippen LogP contribution in [0.5, 0.6) is 0 Å². The fourth-order valence-corrected chi connectivity index (χ4v) is 3.71. The maximum atomic E-state index is 12.0. The SMILES string of the molecule is C=Nc1cc(C)c(=O)[nH]c1/C=C(\C)C(C)N1CCN(c2ccc(C(=O)NC)nc2)CC1. The molecule has 1 atom stereocenters. The maximum absolute atomic E-state index is 12.0. The second kappa shape index (κ2) is 9.70. The number of anilines is 1. The molecule has 2 N–H and O–H groups in total. The summed E-state index contributed by atoms with van der Waals surface area (Å²) in [6.07, 6.45) is 3.75. The van der Waals surface area contributed by atoms with Gasteiger partial charge in [0.25, 0.3) is 11.5 Å². The Morgan fingerprint density at radius 2 is 2.03 bits per heavy atom. The van der Waals surface area contributed by atoms with Crippen LogP contribution in [0.4, 0.5) is 11.4 Å². The molecule has 164 valence electrons. The molecule has 0 saturated carbocycles. The highest BCUT2D eigenvalue weighted by atomic mass is 16.1. The first-order valence-electron chi connectivity index (χ1n) is 10.4. The lowest BCUT2D eigenvalue weighted by molar-refractivity contribution is 0.0958. The van der Waals surface area contributed by atoms with E-state index in [0.717, 1.165) is 37.4 Å². The maximum Gasteiger partial charge on any atom is 0.269 e. The smallest absolute Gasteiger partial charge is 0.269 e. The number of hydrogen-bond acceptors (Lipinski definition) is 6. The lowest BCUT2D eigenvalue weighted by atomic mass is 10.1. The number of nitrogens with one attached hydrogen (secondary N) is 2. The van der Waals surface area contributed by atoms with Crippen molar-refractivity contribution in [1.29, 1.82) is 0 Å². The van der Waals surface area contributed by atoms with Crippen LogP contribution in [0.2, 0.25) is 0 Å². The Morgan fingerprint density at radius 3 is 2.61 bits per heavy atom. The van der Waals surface area contributed by atoms with Crippen molar-refractivity contribution < 1.29 is 4.79 Å². The van der Waals surface area contributed by atoms with Crippen LogP contribution in [0, 0.1) is 6.92 Å². The second-order valence-corrected chi connectivity index (χ2v) is 7.81. The fourth-order valence-electron chi connectivity index (χ4n) is 3.71. The van der Waals surface area contributed by atoms with E-state index in [-0.39, 0.29) is 17.5 Å². The van der Waals surface area contributed by atoms with E-state index in [1.165, 1.54) is 0 Å². The number of carbonyl (C=O) groups is 1. The summed E-state index contributed by atoms with van der Waals surface area (Å²) in [4.78, 5) is 39.6. The lowest BCUT2D eigenvalue weighted by Gasteiger charge is -2.39. The van der Waals surface area contributed by atoms with Gasteiger partial charge in [0.2, 0.25) is 0 Å². The number of rotatable bonds is 6. The predicted molar refractivity (Wildman–Crippen MR) is 126 cm³/mol. The van der Waals surface area contributed by atoms with Crippen LogP contribution in [0.15, 0.2) is 39.8 Å². The number of H-pyrrole nitrogens is 1. The van der Waals surface area contributed by atoms with Crippen LogP contribution in [0.3, 0.4) is 0 Å². The highest BCUT2D eigenvalue weighted by Crippen LogP contribution is 2.23. The van der Waals surface area contributed by atoms with E-state index in [1.54, 1.807) is 32.3 Å². The van der Waals surface area contributed by atoms with Crippen molar-refractivity contribution in [3.63, 3.8) is 0 Å². The molecule has 1 unspecified atom stereocenters. The molecule has 3 heterocycles. The summed E-state index contributed by atoms with van der Waals surface area (Å²) in [5.74, 6) is -0.183. The first-order chi connectivity index (χ1) is 14.8. The number of pyridine rings is 2. The Bertz CT molecular complexity index is 1030. The zero-order valence-corrected chi connectivity index (χ0v) is 18.6. The summed E-state index contributed by atoms with van der Waals surface area (Å²) in [5, 5.41) is 2.58. The number of aromatic amines is 1. The Kier molecular flexibility index (Phi) is 7.02. The molecule has 1 aliphatic rings. The minimum absolute atomic E-state index is 0.108. The first kappa shape index (κ1) is 22.4. The van der Waals surface area contributed by atoms with Crippen LogP contribution in [0.1, 0.15) is 35.6 Å². The molecular formula is C23H30N6O2. The van der Waals surface area contributed by atoms with E-state index in [2.05, 4.69) is 50.6 Å². The third-order valence-corrected chi connectivity index (χ3v) is 5.87. The van der Waals surface area contributed by atoms with Gasteiger partial charge in [-0.1, -0.05) is 5.57 Å². The van der Waals surface area contributed by atoms with Gasteiger partial charge in [-0.2, -0.15) is 0 Å². The molecule has 8 heteroatoms. The number of aryl methyl sites for hydroxylation is 1. The number of aliphatic imine (C=N–C) groups is 1. The van der Waals surface area contributed by atoms with Gasteiger partial charge in [-0.05, 0) is 51.8 Å². The molecule has 0 radical (unpaired) electrons. The number of piperazine rings is 1. The molecule has 0 bridgehead atoms. The monoisotopic (exact) mass is 422 g/mol. The van der Waals surface area contributed by atoms with Crippen LogP contribution in [0.25, 0.3) is 6.08 Å². The van der Waals surface area contributed by atoms with Crippen LogP contribution < -0.4 is 15.8 Å². The van der Waals surface area contributed by atoms with Crippen LogP contribution in [-0.4, -0.2) is 66.8 Å². The largest absolute Gasteiger partial charge is 0.368 e.